The largest absolute Gasteiger partial charge is 0.493 e. The van der Waals surface area contributed by atoms with Crippen LogP contribution in [0.3, 0.4) is 0 Å². The SMILES string of the molecule is CCCOc1cc(C)c(Cl)c(C)c1C(C)CCSC#N. The first-order valence-electron chi connectivity index (χ1n) is 6.96. The lowest BCUT2D eigenvalue weighted by Gasteiger charge is -2.21. The second-order valence-corrected chi connectivity index (χ2v) is 6.28. The first-order chi connectivity index (χ1) is 9.52. The molecule has 0 aliphatic heterocycles. The molecule has 0 aromatic heterocycles. The maximum Gasteiger partial charge on any atom is 0.133 e. The first-order valence-corrected chi connectivity index (χ1v) is 8.32. The summed E-state index contributed by atoms with van der Waals surface area (Å²) in [5, 5.41) is 11.6. The number of hydrogen-bond donors (Lipinski definition) is 0. The van der Waals surface area contributed by atoms with E-state index in [1.807, 2.05) is 13.0 Å². The number of benzene rings is 1. The van der Waals surface area contributed by atoms with Gasteiger partial charge in [0.05, 0.1) is 6.61 Å². The van der Waals surface area contributed by atoms with Gasteiger partial charge in [-0.15, -0.1) is 0 Å². The summed E-state index contributed by atoms with van der Waals surface area (Å²) in [7, 11) is 0. The lowest BCUT2D eigenvalue weighted by atomic mass is 9.92. The van der Waals surface area contributed by atoms with Crippen LogP contribution in [0.25, 0.3) is 0 Å². The predicted molar refractivity (Wildman–Crippen MR) is 87.8 cm³/mol. The van der Waals surface area contributed by atoms with Crippen LogP contribution in [-0.2, 0) is 0 Å². The second kappa shape index (κ2) is 8.44. The molecule has 2 nitrogen and oxygen atoms in total. The summed E-state index contributed by atoms with van der Waals surface area (Å²) in [6.45, 7) is 9.05. The van der Waals surface area contributed by atoms with Crippen molar-refractivity contribution in [2.24, 2.45) is 0 Å². The maximum atomic E-state index is 8.62. The number of nitriles is 1. The van der Waals surface area contributed by atoms with E-state index in [-0.39, 0.29) is 0 Å². The fraction of sp³-hybridized carbons (Fsp3) is 0.562. The van der Waals surface area contributed by atoms with Gasteiger partial charge in [-0.3, -0.25) is 0 Å². The Bertz CT molecular complexity index is 496. The Balaban J connectivity index is 3.07. The van der Waals surface area contributed by atoms with Gasteiger partial charge in [-0.25, -0.2) is 0 Å². The van der Waals surface area contributed by atoms with Crippen molar-refractivity contribution in [2.75, 3.05) is 12.4 Å². The number of hydrogen-bond acceptors (Lipinski definition) is 3. The quantitative estimate of drug-likeness (QED) is 0.495. The van der Waals surface area contributed by atoms with Crippen molar-refractivity contribution in [2.45, 2.75) is 46.5 Å². The monoisotopic (exact) mass is 311 g/mol. The minimum Gasteiger partial charge on any atom is -0.493 e. The molecule has 0 heterocycles. The molecule has 1 rings (SSSR count). The number of ether oxygens (including phenoxy) is 1. The third-order valence-electron chi connectivity index (χ3n) is 3.36. The van der Waals surface area contributed by atoms with Crippen molar-refractivity contribution in [3.05, 3.63) is 27.8 Å². The molecule has 20 heavy (non-hydrogen) atoms. The summed E-state index contributed by atoms with van der Waals surface area (Å²) in [5.74, 6) is 2.11. The zero-order valence-electron chi connectivity index (χ0n) is 12.6. The average molecular weight is 312 g/mol. The Hall–Kier alpha value is -0.850. The molecule has 0 saturated carbocycles. The number of halogens is 1. The van der Waals surface area contributed by atoms with Crippen molar-refractivity contribution in [3.8, 4) is 11.2 Å². The normalized spacial score (nSPS) is 12.0. The molecular formula is C16H22ClNOS. The van der Waals surface area contributed by atoms with E-state index < -0.39 is 0 Å². The van der Waals surface area contributed by atoms with Crippen LogP contribution in [0.1, 0.15) is 49.3 Å². The number of nitrogens with zero attached hydrogens (tertiary/aromatic N) is 1. The van der Waals surface area contributed by atoms with E-state index in [0.29, 0.717) is 12.5 Å². The molecule has 4 heteroatoms. The fourth-order valence-electron chi connectivity index (χ4n) is 2.31. The van der Waals surface area contributed by atoms with Crippen LogP contribution in [0.2, 0.25) is 5.02 Å². The molecule has 1 unspecified atom stereocenters. The van der Waals surface area contributed by atoms with E-state index in [9.17, 15) is 0 Å². The Morgan fingerprint density at radius 3 is 2.75 bits per heavy atom. The molecule has 0 aliphatic carbocycles. The zero-order chi connectivity index (χ0) is 15.1. The lowest BCUT2D eigenvalue weighted by molar-refractivity contribution is 0.312. The summed E-state index contributed by atoms with van der Waals surface area (Å²) >= 11 is 7.68. The topological polar surface area (TPSA) is 33.0 Å². The Morgan fingerprint density at radius 1 is 1.45 bits per heavy atom. The Kier molecular flexibility index (Phi) is 7.26. The minimum atomic E-state index is 0.334. The van der Waals surface area contributed by atoms with Gasteiger partial charge in [-0.1, -0.05) is 25.4 Å². The van der Waals surface area contributed by atoms with Crippen molar-refractivity contribution >= 4 is 23.4 Å². The highest BCUT2D eigenvalue weighted by Crippen LogP contribution is 2.38. The summed E-state index contributed by atoms with van der Waals surface area (Å²) < 4.78 is 5.90. The van der Waals surface area contributed by atoms with Crippen LogP contribution >= 0.6 is 23.4 Å². The molecule has 0 bridgehead atoms. The second-order valence-electron chi connectivity index (χ2n) is 5.02. The fourth-order valence-corrected chi connectivity index (χ4v) is 3.03. The van der Waals surface area contributed by atoms with Crippen LogP contribution in [0.15, 0.2) is 6.07 Å². The van der Waals surface area contributed by atoms with Gasteiger partial charge in [0.25, 0.3) is 0 Å². The number of thiocyanates is 1. The predicted octanol–water partition coefficient (Wildman–Crippen LogP) is 5.45. The van der Waals surface area contributed by atoms with E-state index in [0.717, 1.165) is 40.5 Å². The van der Waals surface area contributed by atoms with Gasteiger partial charge < -0.3 is 4.74 Å². The lowest BCUT2D eigenvalue weighted by Crippen LogP contribution is -2.06. The third kappa shape index (κ3) is 4.33. The smallest absolute Gasteiger partial charge is 0.133 e. The summed E-state index contributed by atoms with van der Waals surface area (Å²) in [4.78, 5) is 0. The molecule has 0 spiro atoms. The van der Waals surface area contributed by atoms with Gasteiger partial charge in [0, 0.05) is 16.3 Å². The molecular weight excluding hydrogens is 290 g/mol. The standard InChI is InChI=1S/C16H22ClNOS/c1-5-7-19-14-9-12(3)16(17)13(4)15(14)11(2)6-8-20-10-18/h9,11H,5-8H2,1-4H3. The molecule has 0 amide bonds. The van der Waals surface area contributed by atoms with Crippen molar-refractivity contribution in [3.63, 3.8) is 0 Å². The van der Waals surface area contributed by atoms with Crippen molar-refractivity contribution < 1.29 is 4.74 Å². The number of rotatable bonds is 7. The van der Waals surface area contributed by atoms with E-state index in [2.05, 4.69) is 26.2 Å². The number of aryl methyl sites for hydroxylation is 1. The Morgan fingerprint density at radius 2 is 2.15 bits per heavy atom. The molecule has 0 radical (unpaired) electrons. The van der Waals surface area contributed by atoms with E-state index in [4.69, 9.17) is 21.6 Å². The van der Waals surface area contributed by atoms with Crippen LogP contribution in [0, 0.1) is 24.5 Å². The average Bonchev–Trinajstić information content (AvgIpc) is 2.42. The molecule has 0 fully saturated rings. The maximum absolute atomic E-state index is 8.62. The molecule has 1 aromatic rings. The van der Waals surface area contributed by atoms with Crippen LogP contribution in [0.4, 0.5) is 0 Å². The summed E-state index contributed by atoms with van der Waals surface area (Å²) in [6.07, 6.45) is 1.93. The zero-order valence-corrected chi connectivity index (χ0v) is 14.2. The van der Waals surface area contributed by atoms with E-state index in [1.54, 1.807) is 0 Å². The van der Waals surface area contributed by atoms with Crippen LogP contribution in [-0.4, -0.2) is 12.4 Å². The molecule has 1 aromatic carbocycles. The molecule has 110 valence electrons. The van der Waals surface area contributed by atoms with Gasteiger partial charge in [0.2, 0.25) is 0 Å². The highest BCUT2D eigenvalue weighted by atomic mass is 35.5. The highest BCUT2D eigenvalue weighted by Gasteiger charge is 2.18. The van der Waals surface area contributed by atoms with Crippen LogP contribution < -0.4 is 4.74 Å². The van der Waals surface area contributed by atoms with Crippen molar-refractivity contribution in [1.82, 2.24) is 0 Å². The highest BCUT2D eigenvalue weighted by molar-refractivity contribution is 8.03. The third-order valence-corrected chi connectivity index (χ3v) is 4.51. The van der Waals surface area contributed by atoms with Gasteiger partial charge in [0.15, 0.2) is 0 Å². The van der Waals surface area contributed by atoms with E-state index >= 15 is 0 Å². The van der Waals surface area contributed by atoms with Crippen LogP contribution in [0.5, 0.6) is 5.75 Å². The molecule has 0 saturated heterocycles. The van der Waals surface area contributed by atoms with Gasteiger partial charge in [0.1, 0.15) is 11.2 Å². The van der Waals surface area contributed by atoms with Gasteiger partial charge in [-0.05, 0) is 61.6 Å². The van der Waals surface area contributed by atoms with Gasteiger partial charge >= 0.3 is 0 Å². The molecule has 1 atom stereocenters. The Labute approximate surface area is 131 Å². The number of thioether (sulfide) groups is 1. The van der Waals surface area contributed by atoms with E-state index in [1.165, 1.54) is 17.3 Å². The van der Waals surface area contributed by atoms with Crippen molar-refractivity contribution in [1.29, 1.82) is 5.26 Å². The molecule has 0 N–H and O–H groups in total. The van der Waals surface area contributed by atoms with Gasteiger partial charge in [-0.2, -0.15) is 5.26 Å². The minimum absolute atomic E-state index is 0.334. The summed E-state index contributed by atoms with van der Waals surface area (Å²) in [5.41, 5.74) is 3.34. The first kappa shape index (κ1) is 17.2. The molecule has 0 aliphatic rings. The summed E-state index contributed by atoms with van der Waals surface area (Å²) in [6, 6.07) is 2.04.